The lowest BCUT2D eigenvalue weighted by Crippen LogP contribution is -2.64. The van der Waals surface area contributed by atoms with E-state index in [2.05, 4.69) is 12.2 Å². The minimum absolute atomic E-state index is 0.667. The summed E-state index contributed by atoms with van der Waals surface area (Å²) in [7, 11) is 0. The van der Waals surface area contributed by atoms with Crippen molar-refractivity contribution in [1.82, 2.24) is 5.32 Å². The average molecular weight is 125 g/mol. The van der Waals surface area contributed by atoms with Crippen molar-refractivity contribution in [2.75, 3.05) is 6.54 Å². The molecule has 1 spiro atoms. The van der Waals surface area contributed by atoms with Crippen LogP contribution in [0.15, 0.2) is 0 Å². The van der Waals surface area contributed by atoms with Gasteiger partial charge in [0.25, 0.3) is 0 Å². The molecule has 2 aliphatic rings. The van der Waals surface area contributed by atoms with Gasteiger partial charge in [0.15, 0.2) is 0 Å². The second kappa shape index (κ2) is 1.72. The molecule has 1 aliphatic carbocycles. The molecule has 1 N–H and O–H groups in total. The van der Waals surface area contributed by atoms with Crippen molar-refractivity contribution < 1.29 is 0 Å². The Bertz CT molecular complexity index is 108. The van der Waals surface area contributed by atoms with Gasteiger partial charge in [-0.15, -0.1) is 0 Å². The lowest BCUT2D eigenvalue weighted by molar-refractivity contribution is 0.0378. The van der Waals surface area contributed by atoms with Gasteiger partial charge in [-0.3, -0.25) is 0 Å². The maximum atomic E-state index is 3.52. The fraction of sp³-hybridized carbons (Fsp3) is 1.00. The Morgan fingerprint density at radius 2 is 2.22 bits per heavy atom. The van der Waals surface area contributed by atoms with E-state index in [1.165, 1.54) is 32.2 Å². The first-order chi connectivity index (χ1) is 4.35. The number of hydrogen-bond donors (Lipinski definition) is 1. The third-order valence-corrected chi connectivity index (χ3v) is 3.04. The molecule has 1 saturated heterocycles. The molecule has 1 saturated carbocycles. The predicted octanol–water partition coefficient (Wildman–Crippen LogP) is 1.54. The molecule has 0 bridgehead atoms. The lowest BCUT2D eigenvalue weighted by atomic mass is 9.62. The zero-order chi connectivity index (χ0) is 6.32. The highest BCUT2D eigenvalue weighted by atomic mass is 15.1. The van der Waals surface area contributed by atoms with Crippen molar-refractivity contribution in [2.24, 2.45) is 5.92 Å². The fourth-order valence-corrected chi connectivity index (χ4v) is 2.16. The van der Waals surface area contributed by atoms with Crippen molar-refractivity contribution in [3.05, 3.63) is 0 Å². The van der Waals surface area contributed by atoms with Crippen LogP contribution in [-0.4, -0.2) is 12.1 Å². The van der Waals surface area contributed by atoms with Crippen LogP contribution >= 0.6 is 0 Å². The lowest BCUT2D eigenvalue weighted by Gasteiger charge is -2.55. The Kier molecular flexibility index (Phi) is 1.10. The molecule has 9 heavy (non-hydrogen) atoms. The normalized spacial score (nSPS) is 48.3. The predicted molar refractivity (Wildman–Crippen MR) is 38.4 cm³/mol. The number of rotatable bonds is 1. The second-order valence-electron chi connectivity index (χ2n) is 3.64. The average Bonchev–Trinajstić information content (AvgIpc) is 1.59. The third-order valence-electron chi connectivity index (χ3n) is 3.04. The van der Waals surface area contributed by atoms with Crippen LogP contribution in [-0.2, 0) is 0 Å². The molecule has 2 rings (SSSR count). The highest BCUT2D eigenvalue weighted by Gasteiger charge is 2.46. The summed E-state index contributed by atoms with van der Waals surface area (Å²) in [6.07, 6.45) is 5.76. The van der Waals surface area contributed by atoms with Gasteiger partial charge in [-0.25, -0.2) is 0 Å². The standard InChI is InChI=1S/C8H15N/c1-2-7-5-8(6-7)3-4-9-8/h7,9H,2-6H2,1H3. The van der Waals surface area contributed by atoms with Crippen molar-refractivity contribution >= 4 is 0 Å². The molecule has 0 amide bonds. The monoisotopic (exact) mass is 125 g/mol. The van der Waals surface area contributed by atoms with E-state index >= 15 is 0 Å². The van der Waals surface area contributed by atoms with Crippen molar-refractivity contribution in [1.29, 1.82) is 0 Å². The van der Waals surface area contributed by atoms with Crippen LogP contribution in [0, 0.1) is 5.92 Å². The van der Waals surface area contributed by atoms with Crippen LogP contribution < -0.4 is 5.32 Å². The van der Waals surface area contributed by atoms with E-state index in [0.29, 0.717) is 5.54 Å². The zero-order valence-corrected chi connectivity index (χ0v) is 6.11. The van der Waals surface area contributed by atoms with E-state index in [9.17, 15) is 0 Å². The second-order valence-corrected chi connectivity index (χ2v) is 3.64. The quantitative estimate of drug-likeness (QED) is 0.560. The van der Waals surface area contributed by atoms with E-state index in [1.54, 1.807) is 0 Å². The van der Waals surface area contributed by atoms with Crippen LogP contribution in [0.4, 0.5) is 0 Å². The van der Waals surface area contributed by atoms with Crippen LogP contribution in [0.2, 0.25) is 0 Å². The van der Waals surface area contributed by atoms with Crippen LogP contribution in [0.1, 0.15) is 32.6 Å². The van der Waals surface area contributed by atoms with Gasteiger partial charge >= 0.3 is 0 Å². The summed E-state index contributed by atoms with van der Waals surface area (Å²) in [5, 5.41) is 3.52. The van der Waals surface area contributed by atoms with E-state index < -0.39 is 0 Å². The van der Waals surface area contributed by atoms with Crippen LogP contribution in [0.3, 0.4) is 0 Å². The largest absolute Gasteiger partial charge is 0.311 e. The van der Waals surface area contributed by atoms with Crippen molar-refractivity contribution in [3.8, 4) is 0 Å². The van der Waals surface area contributed by atoms with E-state index in [0.717, 1.165) is 5.92 Å². The molecular formula is C8H15N. The summed E-state index contributed by atoms with van der Waals surface area (Å²) in [4.78, 5) is 0. The number of hydrogen-bond acceptors (Lipinski definition) is 1. The first kappa shape index (κ1) is 5.72. The minimum Gasteiger partial charge on any atom is -0.311 e. The summed E-state index contributed by atoms with van der Waals surface area (Å²) < 4.78 is 0. The Morgan fingerprint density at radius 1 is 1.56 bits per heavy atom. The van der Waals surface area contributed by atoms with Gasteiger partial charge in [-0.2, -0.15) is 0 Å². The maximum Gasteiger partial charge on any atom is 0.0198 e. The van der Waals surface area contributed by atoms with E-state index in [1.807, 2.05) is 0 Å². The Labute approximate surface area is 56.8 Å². The Hall–Kier alpha value is -0.0400. The molecule has 0 radical (unpaired) electrons. The summed E-state index contributed by atoms with van der Waals surface area (Å²) in [5.41, 5.74) is 0.667. The Morgan fingerprint density at radius 3 is 2.56 bits per heavy atom. The molecule has 0 atom stereocenters. The summed E-state index contributed by atoms with van der Waals surface area (Å²) in [5.74, 6) is 1.05. The smallest absolute Gasteiger partial charge is 0.0198 e. The van der Waals surface area contributed by atoms with Crippen molar-refractivity contribution in [2.45, 2.75) is 38.1 Å². The SMILES string of the molecule is CCC1CC2(CCN2)C1. The zero-order valence-electron chi connectivity index (χ0n) is 6.11. The molecule has 52 valence electrons. The molecule has 0 unspecified atom stereocenters. The minimum atomic E-state index is 0.667. The van der Waals surface area contributed by atoms with Gasteiger partial charge in [0.05, 0.1) is 0 Å². The first-order valence-electron chi connectivity index (χ1n) is 4.10. The third kappa shape index (κ3) is 0.710. The molecule has 1 nitrogen and oxygen atoms in total. The molecule has 2 fully saturated rings. The van der Waals surface area contributed by atoms with E-state index in [-0.39, 0.29) is 0 Å². The summed E-state index contributed by atoms with van der Waals surface area (Å²) >= 11 is 0. The van der Waals surface area contributed by atoms with Gasteiger partial charge in [0.2, 0.25) is 0 Å². The van der Waals surface area contributed by atoms with Gasteiger partial charge < -0.3 is 5.32 Å². The highest BCUT2D eigenvalue weighted by molar-refractivity contribution is 5.06. The van der Waals surface area contributed by atoms with Crippen molar-refractivity contribution in [3.63, 3.8) is 0 Å². The van der Waals surface area contributed by atoms with Gasteiger partial charge in [0.1, 0.15) is 0 Å². The van der Waals surface area contributed by atoms with Crippen LogP contribution in [0.25, 0.3) is 0 Å². The molecular weight excluding hydrogens is 110 g/mol. The van der Waals surface area contributed by atoms with E-state index in [4.69, 9.17) is 0 Å². The summed E-state index contributed by atoms with van der Waals surface area (Å²) in [6, 6.07) is 0. The summed E-state index contributed by atoms with van der Waals surface area (Å²) in [6.45, 7) is 3.58. The fourth-order valence-electron chi connectivity index (χ4n) is 2.16. The van der Waals surface area contributed by atoms with Gasteiger partial charge in [0, 0.05) is 5.54 Å². The van der Waals surface area contributed by atoms with Gasteiger partial charge in [-0.1, -0.05) is 13.3 Å². The molecule has 0 aromatic heterocycles. The molecule has 0 aromatic carbocycles. The number of nitrogens with one attached hydrogen (secondary N) is 1. The highest BCUT2D eigenvalue weighted by Crippen LogP contribution is 2.45. The molecule has 0 aromatic rings. The first-order valence-corrected chi connectivity index (χ1v) is 4.10. The molecule has 1 aliphatic heterocycles. The Balaban J connectivity index is 1.82. The van der Waals surface area contributed by atoms with Crippen LogP contribution in [0.5, 0.6) is 0 Å². The maximum absolute atomic E-state index is 3.52. The topological polar surface area (TPSA) is 12.0 Å². The van der Waals surface area contributed by atoms with Gasteiger partial charge in [-0.05, 0) is 31.7 Å². The molecule has 1 heterocycles. The molecule has 1 heteroatoms.